The number of benzene rings is 1. The SMILES string of the molecule is COc1ccc2oc([C@H](C)N[C@@H](C)C(=O)NC3CC3)c(C)c2c1. The van der Waals surface area contributed by atoms with E-state index in [1.165, 1.54) is 0 Å². The zero-order chi connectivity index (χ0) is 16.6. The molecule has 2 aromatic rings. The molecule has 1 fully saturated rings. The largest absolute Gasteiger partial charge is 0.497 e. The van der Waals surface area contributed by atoms with Gasteiger partial charge in [0, 0.05) is 17.0 Å². The second-order valence-corrected chi connectivity index (χ2v) is 6.35. The van der Waals surface area contributed by atoms with Crippen LogP contribution in [0.3, 0.4) is 0 Å². The van der Waals surface area contributed by atoms with Gasteiger partial charge in [-0.1, -0.05) is 0 Å². The monoisotopic (exact) mass is 316 g/mol. The minimum Gasteiger partial charge on any atom is -0.497 e. The van der Waals surface area contributed by atoms with Crippen molar-refractivity contribution in [2.45, 2.75) is 51.7 Å². The Morgan fingerprint density at radius 2 is 2.09 bits per heavy atom. The molecule has 124 valence electrons. The van der Waals surface area contributed by atoms with Crippen LogP contribution in [-0.4, -0.2) is 25.1 Å². The van der Waals surface area contributed by atoms with Gasteiger partial charge in [0.2, 0.25) is 5.91 Å². The fraction of sp³-hybridized carbons (Fsp3) is 0.500. The van der Waals surface area contributed by atoms with E-state index in [0.717, 1.165) is 40.9 Å². The summed E-state index contributed by atoms with van der Waals surface area (Å²) in [6.07, 6.45) is 2.19. The quantitative estimate of drug-likeness (QED) is 0.860. The zero-order valence-electron chi connectivity index (χ0n) is 14.1. The molecule has 1 aromatic carbocycles. The lowest BCUT2D eigenvalue weighted by atomic mass is 10.1. The predicted octanol–water partition coefficient (Wildman–Crippen LogP) is 3.07. The highest BCUT2D eigenvalue weighted by atomic mass is 16.5. The lowest BCUT2D eigenvalue weighted by molar-refractivity contribution is -0.123. The highest BCUT2D eigenvalue weighted by Gasteiger charge is 2.27. The smallest absolute Gasteiger partial charge is 0.237 e. The Hall–Kier alpha value is -2.01. The van der Waals surface area contributed by atoms with E-state index in [4.69, 9.17) is 9.15 Å². The third-order valence-corrected chi connectivity index (χ3v) is 4.39. The molecule has 1 heterocycles. The molecule has 1 aliphatic rings. The molecule has 2 N–H and O–H groups in total. The van der Waals surface area contributed by atoms with Crippen molar-refractivity contribution in [3.8, 4) is 5.75 Å². The molecular formula is C18H24N2O3. The van der Waals surface area contributed by atoms with Gasteiger partial charge in [0.1, 0.15) is 17.1 Å². The maximum atomic E-state index is 12.1. The maximum absolute atomic E-state index is 12.1. The normalized spacial score (nSPS) is 17.0. The molecule has 0 unspecified atom stereocenters. The zero-order valence-corrected chi connectivity index (χ0v) is 14.1. The van der Waals surface area contributed by atoms with Crippen LogP contribution in [0.25, 0.3) is 11.0 Å². The number of carbonyl (C=O) groups is 1. The first-order chi connectivity index (χ1) is 11.0. The number of nitrogens with one attached hydrogen (secondary N) is 2. The molecular weight excluding hydrogens is 292 g/mol. The first-order valence-corrected chi connectivity index (χ1v) is 8.13. The third kappa shape index (κ3) is 3.34. The summed E-state index contributed by atoms with van der Waals surface area (Å²) >= 11 is 0. The van der Waals surface area contributed by atoms with E-state index < -0.39 is 0 Å². The number of amides is 1. The van der Waals surface area contributed by atoms with Crippen LogP contribution in [0.1, 0.15) is 44.1 Å². The average molecular weight is 316 g/mol. The molecule has 5 nitrogen and oxygen atoms in total. The lowest BCUT2D eigenvalue weighted by Crippen LogP contribution is -2.43. The molecule has 0 radical (unpaired) electrons. The summed E-state index contributed by atoms with van der Waals surface area (Å²) in [5.74, 6) is 1.72. The molecule has 5 heteroatoms. The van der Waals surface area contributed by atoms with Crippen LogP contribution in [0.4, 0.5) is 0 Å². The van der Waals surface area contributed by atoms with Gasteiger partial charge in [0.15, 0.2) is 0 Å². The van der Waals surface area contributed by atoms with Crippen LogP contribution in [0, 0.1) is 6.92 Å². The first kappa shape index (κ1) is 15.9. The van der Waals surface area contributed by atoms with Crippen LogP contribution < -0.4 is 15.4 Å². The van der Waals surface area contributed by atoms with Crippen LogP contribution in [-0.2, 0) is 4.79 Å². The van der Waals surface area contributed by atoms with Crippen molar-refractivity contribution in [2.75, 3.05) is 7.11 Å². The minimum absolute atomic E-state index is 0.0478. The maximum Gasteiger partial charge on any atom is 0.237 e. The van der Waals surface area contributed by atoms with Gasteiger partial charge in [-0.2, -0.15) is 0 Å². The summed E-state index contributed by atoms with van der Waals surface area (Å²) in [6, 6.07) is 5.86. The van der Waals surface area contributed by atoms with E-state index in [-0.39, 0.29) is 18.0 Å². The van der Waals surface area contributed by atoms with E-state index in [1.807, 2.05) is 39.0 Å². The van der Waals surface area contributed by atoms with Crippen molar-refractivity contribution >= 4 is 16.9 Å². The van der Waals surface area contributed by atoms with Crippen LogP contribution in [0.2, 0.25) is 0 Å². The highest BCUT2D eigenvalue weighted by Crippen LogP contribution is 2.32. The van der Waals surface area contributed by atoms with Gasteiger partial charge in [0.25, 0.3) is 0 Å². The Kier molecular flexibility index (Phi) is 4.31. The summed E-state index contributed by atoms with van der Waals surface area (Å²) in [6.45, 7) is 5.94. The van der Waals surface area contributed by atoms with E-state index in [2.05, 4.69) is 10.6 Å². The number of aryl methyl sites for hydroxylation is 1. The Balaban J connectivity index is 1.75. The van der Waals surface area contributed by atoms with Gasteiger partial charge >= 0.3 is 0 Å². The number of methoxy groups -OCH3 is 1. The van der Waals surface area contributed by atoms with Gasteiger partial charge < -0.3 is 14.5 Å². The molecule has 0 saturated heterocycles. The van der Waals surface area contributed by atoms with E-state index in [9.17, 15) is 4.79 Å². The topological polar surface area (TPSA) is 63.5 Å². The molecule has 0 aliphatic heterocycles. The highest BCUT2D eigenvalue weighted by molar-refractivity contribution is 5.84. The van der Waals surface area contributed by atoms with Crippen LogP contribution >= 0.6 is 0 Å². The summed E-state index contributed by atoms with van der Waals surface area (Å²) in [5, 5.41) is 7.39. The molecule has 1 saturated carbocycles. The molecule has 2 atom stereocenters. The lowest BCUT2D eigenvalue weighted by Gasteiger charge is -2.18. The van der Waals surface area contributed by atoms with Gasteiger partial charge in [-0.3, -0.25) is 10.1 Å². The molecule has 23 heavy (non-hydrogen) atoms. The minimum atomic E-state index is -0.257. The Morgan fingerprint density at radius 1 is 1.35 bits per heavy atom. The van der Waals surface area contributed by atoms with Crippen molar-refractivity contribution < 1.29 is 13.9 Å². The Labute approximate surface area is 136 Å². The molecule has 1 aliphatic carbocycles. The van der Waals surface area contributed by atoms with E-state index in [1.54, 1.807) is 7.11 Å². The van der Waals surface area contributed by atoms with Crippen LogP contribution in [0.15, 0.2) is 22.6 Å². The van der Waals surface area contributed by atoms with Crippen LogP contribution in [0.5, 0.6) is 5.75 Å². The fourth-order valence-corrected chi connectivity index (χ4v) is 2.84. The summed E-state index contributed by atoms with van der Waals surface area (Å²) in [4.78, 5) is 12.1. The second kappa shape index (κ2) is 6.24. The van der Waals surface area contributed by atoms with Crippen molar-refractivity contribution in [3.63, 3.8) is 0 Å². The fourth-order valence-electron chi connectivity index (χ4n) is 2.84. The molecule has 1 amide bonds. The second-order valence-electron chi connectivity index (χ2n) is 6.35. The van der Waals surface area contributed by atoms with E-state index >= 15 is 0 Å². The number of furan rings is 1. The van der Waals surface area contributed by atoms with Gasteiger partial charge in [-0.05, 0) is 51.8 Å². The summed E-state index contributed by atoms with van der Waals surface area (Å²) in [5.41, 5.74) is 1.91. The third-order valence-electron chi connectivity index (χ3n) is 4.39. The number of hydrogen-bond acceptors (Lipinski definition) is 4. The summed E-state index contributed by atoms with van der Waals surface area (Å²) in [7, 11) is 1.65. The molecule has 1 aromatic heterocycles. The van der Waals surface area contributed by atoms with Gasteiger partial charge in [-0.25, -0.2) is 0 Å². The molecule has 0 bridgehead atoms. The van der Waals surface area contributed by atoms with Gasteiger partial charge in [0.05, 0.1) is 19.2 Å². The molecule has 3 rings (SSSR count). The standard InChI is InChI=1S/C18H24N2O3/c1-10-15-9-14(22-4)7-8-16(15)23-17(10)11(2)19-12(3)18(21)20-13-5-6-13/h7-9,11-13,19H,5-6H2,1-4H3,(H,20,21)/t11-,12-/m0/s1. The number of hydrogen-bond donors (Lipinski definition) is 2. The number of carbonyl (C=O) groups excluding carboxylic acids is 1. The molecule has 0 spiro atoms. The van der Waals surface area contributed by atoms with Crippen molar-refractivity contribution in [2.24, 2.45) is 0 Å². The number of ether oxygens (including phenoxy) is 1. The van der Waals surface area contributed by atoms with Crippen molar-refractivity contribution in [1.82, 2.24) is 10.6 Å². The predicted molar refractivity (Wildman–Crippen MR) is 89.7 cm³/mol. The number of rotatable bonds is 6. The van der Waals surface area contributed by atoms with Gasteiger partial charge in [-0.15, -0.1) is 0 Å². The Bertz CT molecular complexity index is 718. The first-order valence-electron chi connectivity index (χ1n) is 8.13. The average Bonchev–Trinajstić information content (AvgIpc) is 3.29. The Morgan fingerprint density at radius 3 is 2.74 bits per heavy atom. The van der Waals surface area contributed by atoms with Crippen molar-refractivity contribution in [3.05, 3.63) is 29.5 Å². The number of fused-ring (bicyclic) bond motifs is 1. The van der Waals surface area contributed by atoms with E-state index in [0.29, 0.717) is 6.04 Å². The van der Waals surface area contributed by atoms with Crippen molar-refractivity contribution in [1.29, 1.82) is 0 Å². The summed E-state index contributed by atoms with van der Waals surface area (Å²) < 4.78 is 11.3.